The molecule has 1 aromatic carbocycles. The number of thioether (sulfide) groups is 1. The monoisotopic (exact) mass is 390 g/mol. The van der Waals surface area contributed by atoms with Gasteiger partial charge in [0.1, 0.15) is 15.8 Å². The summed E-state index contributed by atoms with van der Waals surface area (Å²) in [7, 11) is 1.56. The molecule has 1 aliphatic rings. The van der Waals surface area contributed by atoms with Crippen molar-refractivity contribution >= 4 is 46.0 Å². The first-order chi connectivity index (χ1) is 12.5. The van der Waals surface area contributed by atoms with Crippen molar-refractivity contribution in [1.82, 2.24) is 4.90 Å². The zero-order chi connectivity index (χ0) is 18.7. The zero-order valence-electron chi connectivity index (χ0n) is 13.7. The van der Waals surface area contributed by atoms with Gasteiger partial charge in [-0.1, -0.05) is 36.1 Å². The summed E-state index contributed by atoms with van der Waals surface area (Å²) >= 11 is 6.42. The van der Waals surface area contributed by atoms with E-state index >= 15 is 0 Å². The predicted octanol–water partition coefficient (Wildman–Crippen LogP) is 3.70. The normalized spacial score (nSPS) is 15.9. The lowest BCUT2D eigenvalue weighted by molar-refractivity contribution is -0.384. The Bertz CT molecular complexity index is 906. The Morgan fingerprint density at radius 3 is 2.92 bits per heavy atom. The van der Waals surface area contributed by atoms with Gasteiger partial charge in [0, 0.05) is 30.9 Å². The average Bonchev–Trinajstić information content (AvgIpc) is 3.19. The molecule has 2 heterocycles. The number of hydrogen-bond donors (Lipinski definition) is 0. The molecule has 1 aliphatic heterocycles. The van der Waals surface area contributed by atoms with Gasteiger partial charge in [0.05, 0.1) is 23.0 Å². The lowest BCUT2D eigenvalue weighted by atomic mass is 10.1. The van der Waals surface area contributed by atoms with Gasteiger partial charge < -0.3 is 9.15 Å². The second kappa shape index (κ2) is 7.81. The van der Waals surface area contributed by atoms with Crippen LogP contribution in [-0.2, 0) is 9.53 Å². The second-order valence-corrected chi connectivity index (χ2v) is 7.01. The summed E-state index contributed by atoms with van der Waals surface area (Å²) in [6.07, 6.45) is 1.62. The third kappa shape index (κ3) is 3.85. The number of carbonyl (C=O) groups excluding carboxylic acids is 1. The van der Waals surface area contributed by atoms with Crippen LogP contribution in [0.25, 0.3) is 17.4 Å². The fourth-order valence-corrected chi connectivity index (χ4v) is 3.65. The number of thiocarbonyl (C=S) groups is 1. The molecular formula is C17H14N2O5S2. The number of amides is 1. The predicted molar refractivity (Wildman–Crippen MR) is 103 cm³/mol. The Labute approximate surface area is 158 Å². The van der Waals surface area contributed by atoms with E-state index in [-0.39, 0.29) is 11.6 Å². The SMILES string of the molecule is COCCN1C(=O)/C(=C\c2ccc(-c3cccc([N+](=O)[O-])c3)o2)SC1=S. The van der Waals surface area contributed by atoms with Crippen LogP contribution in [0.2, 0.25) is 0 Å². The van der Waals surface area contributed by atoms with Crippen molar-refractivity contribution in [3.05, 3.63) is 57.2 Å². The van der Waals surface area contributed by atoms with E-state index in [2.05, 4.69) is 0 Å². The molecule has 3 rings (SSSR count). The molecule has 134 valence electrons. The molecule has 0 aliphatic carbocycles. The van der Waals surface area contributed by atoms with Gasteiger partial charge in [0.2, 0.25) is 0 Å². The molecule has 0 N–H and O–H groups in total. The minimum Gasteiger partial charge on any atom is -0.457 e. The number of nitro groups is 1. The Kier molecular flexibility index (Phi) is 5.50. The van der Waals surface area contributed by atoms with E-state index in [4.69, 9.17) is 21.4 Å². The third-order valence-electron chi connectivity index (χ3n) is 3.63. The van der Waals surface area contributed by atoms with Crippen molar-refractivity contribution in [2.24, 2.45) is 0 Å². The number of hydrogen-bond acceptors (Lipinski definition) is 7. The van der Waals surface area contributed by atoms with Crippen LogP contribution in [0, 0.1) is 10.1 Å². The van der Waals surface area contributed by atoms with Crippen LogP contribution >= 0.6 is 24.0 Å². The maximum Gasteiger partial charge on any atom is 0.270 e. The highest BCUT2D eigenvalue weighted by Gasteiger charge is 2.31. The highest BCUT2D eigenvalue weighted by Crippen LogP contribution is 2.33. The molecule has 0 unspecified atom stereocenters. The van der Waals surface area contributed by atoms with E-state index in [0.29, 0.717) is 39.5 Å². The van der Waals surface area contributed by atoms with Crippen molar-refractivity contribution in [2.45, 2.75) is 0 Å². The molecule has 9 heteroatoms. The maximum atomic E-state index is 12.4. The third-order valence-corrected chi connectivity index (χ3v) is 5.01. The molecule has 0 bridgehead atoms. The van der Waals surface area contributed by atoms with Crippen LogP contribution in [0.1, 0.15) is 5.76 Å². The first-order valence-corrected chi connectivity index (χ1v) is 8.81. The van der Waals surface area contributed by atoms with Crippen molar-refractivity contribution in [2.75, 3.05) is 20.3 Å². The second-order valence-electron chi connectivity index (χ2n) is 5.34. The van der Waals surface area contributed by atoms with Crippen molar-refractivity contribution in [3.63, 3.8) is 0 Å². The molecule has 0 spiro atoms. The van der Waals surface area contributed by atoms with E-state index in [9.17, 15) is 14.9 Å². The van der Waals surface area contributed by atoms with E-state index < -0.39 is 4.92 Å². The minimum absolute atomic E-state index is 0.0144. The molecule has 1 saturated heterocycles. The zero-order valence-corrected chi connectivity index (χ0v) is 15.3. The number of rotatable bonds is 6. The Balaban J connectivity index is 1.81. The number of methoxy groups -OCH3 is 1. The lowest BCUT2D eigenvalue weighted by Crippen LogP contribution is -2.31. The van der Waals surface area contributed by atoms with E-state index in [1.165, 1.54) is 28.8 Å². The van der Waals surface area contributed by atoms with Crippen LogP contribution in [0.4, 0.5) is 5.69 Å². The van der Waals surface area contributed by atoms with Gasteiger partial charge in [0.15, 0.2) is 0 Å². The van der Waals surface area contributed by atoms with Gasteiger partial charge in [0.25, 0.3) is 11.6 Å². The number of ether oxygens (including phenoxy) is 1. The van der Waals surface area contributed by atoms with Gasteiger partial charge in [-0.3, -0.25) is 19.8 Å². The van der Waals surface area contributed by atoms with Gasteiger partial charge in [-0.15, -0.1) is 0 Å². The molecule has 1 fully saturated rings. The summed E-state index contributed by atoms with van der Waals surface area (Å²) in [5, 5.41) is 10.9. The maximum absolute atomic E-state index is 12.4. The standard InChI is InChI=1S/C17H14N2O5S2/c1-23-8-7-18-16(20)15(26-17(18)25)10-13-5-6-14(24-13)11-3-2-4-12(9-11)19(21)22/h2-6,9-10H,7-8H2,1H3/b15-10+. The number of nitro benzene ring substituents is 1. The van der Waals surface area contributed by atoms with Gasteiger partial charge >= 0.3 is 0 Å². The average molecular weight is 390 g/mol. The summed E-state index contributed by atoms with van der Waals surface area (Å²) in [5.41, 5.74) is 0.575. The van der Waals surface area contributed by atoms with E-state index in [1.807, 2.05) is 0 Å². The number of furan rings is 1. The molecule has 0 atom stereocenters. The van der Waals surface area contributed by atoms with Crippen molar-refractivity contribution in [1.29, 1.82) is 0 Å². The van der Waals surface area contributed by atoms with Gasteiger partial charge in [-0.25, -0.2) is 0 Å². The topological polar surface area (TPSA) is 85.8 Å². The molecule has 26 heavy (non-hydrogen) atoms. The van der Waals surface area contributed by atoms with E-state index in [1.54, 1.807) is 37.5 Å². The number of non-ortho nitro benzene ring substituents is 1. The summed E-state index contributed by atoms with van der Waals surface area (Å²) in [4.78, 5) is 24.8. The van der Waals surface area contributed by atoms with Crippen LogP contribution in [-0.4, -0.2) is 40.3 Å². The molecule has 0 radical (unpaired) electrons. The van der Waals surface area contributed by atoms with Crippen LogP contribution in [0.5, 0.6) is 0 Å². The van der Waals surface area contributed by atoms with Gasteiger partial charge in [-0.05, 0) is 12.1 Å². The van der Waals surface area contributed by atoms with Crippen molar-refractivity contribution in [3.8, 4) is 11.3 Å². The van der Waals surface area contributed by atoms with E-state index in [0.717, 1.165) is 0 Å². The number of carbonyl (C=O) groups is 1. The van der Waals surface area contributed by atoms with Crippen LogP contribution in [0.3, 0.4) is 0 Å². The summed E-state index contributed by atoms with van der Waals surface area (Å²) in [6.45, 7) is 0.799. The lowest BCUT2D eigenvalue weighted by Gasteiger charge is -2.12. The van der Waals surface area contributed by atoms with Crippen LogP contribution in [0.15, 0.2) is 45.7 Å². The molecule has 7 nitrogen and oxygen atoms in total. The molecule has 0 saturated carbocycles. The molecule has 1 aromatic heterocycles. The van der Waals surface area contributed by atoms with Crippen LogP contribution < -0.4 is 0 Å². The molecular weight excluding hydrogens is 376 g/mol. The van der Waals surface area contributed by atoms with Crippen molar-refractivity contribution < 1.29 is 18.9 Å². The Morgan fingerprint density at radius 1 is 1.38 bits per heavy atom. The summed E-state index contributed by atoms with van der Waals surface area (Å²) in [5.74, 6) is 0.763. The highest BCUT2D eigenvalue weighted by molar-refractivity contribution is 8.26. The number of benzene rings is 1. The summed E-state index contributed by atoms with van der Waals surface area (Å²) < 4.78 is 11.2. The Morgan fingerprint density at radius 2 is 2.19 bits per heavy atom. The first kappa shape index (κ1) is 18.3. The van der Waals surface area contributed by atoms with Gasteiger partial charge in [-0.2, -0.15) is 0 Å². The first-order valence-electron chi connectivity index (χ1n) is 7.58. The largest absolute Gasteiger partial charge is 0.457 e. The minimum atomic E-state index is -0.460. The quantitative estimate of drug-likeness (QED) is 0.322. The molecule has 1 amide bonds. The fourth-order valence-electron chi connectivity index (χ4n) is 2.36. The smallest absolute Gasteiger partial charge is 0.270 e. The Hall–Kier alpha value is -2.49. The summed E-state index contributed by atoms with van der Waals surface area (Å²) in [6, 6.07) is 9.58. The number of nitrogens with zero attached hydrogens (tertiary/aromatic N) is 2. The highest BCUT2D eigenvalue weighted by atomic mass is 32.2. The molecule has 2 aromatic rings. The fraction of sp³-hybridized carbons (Fsp3) is 0.176.